The monoisotopic (exact) mass is 215 g/mol. The Morgan fingerprint density at radius 3 is 2.93 bits per heavy atom. The molecule has 1 aromatic heterocycles. The van der Waals surface area contributed by atoms with Gasteiger partial charge in [-0.15, -0.1) is 5.10 Å². The minimum atomic E-state index is -0.761. The predicted molar refractivity (Wildman–Crippen MR) is 53.3 cm³/mol. The number of nitrogens with one attached hydrogen (secondary N) is 1. The molecule has 78 valence electrons. The Bertz CT molecular complexity index is 313. The summed E-state index contributed by atoms with van der Waals surface area (Å²) in [5.41, 5.74) is 0. The van der Waals surface area contributed by atoms with Crippen molar-refractivity contribution < 1.29 is 9.90 Å². The summed E-state index contributed by atoms with van der Waals surface area (Å²) in [6.07, 6.45) is 0.825. The Kier molecular flexibility index (Phi) is 3.94. The van der Waals surface area contributed by atoms with Crippen LogP contribution in [0.5, 0.6) is 0 Å². The molecule has 1 atom stereocenters. The van der Waals surface area contributed by atoms with Crippen molar-refractivity contribution in [1.29, 1.82) is 0 Å². The number of rotatable bonds is 5. The Hall–Kier alpha value is -1.04. The van der Waals surface area contributed by atoms with Crippen molar-refractivity contribution in [2.75, 3.05) is 0 Å². The lowest BCUT2D eigenvalue weighted by Gasteiger charge is -2.05. The van der Waals surface area contributed by atoms with E-state index >= 15 is 0 Å². The number of aromatic nitrogens is 3. The second kappa shape index (κ2) is 4.99. The fourth-order valence-electron chi connectivity index (χ4n) is 0.941. The van der Waals surface area contributed by atoms with Gasteiger partial charge in [0.1, 0.15) is 5.82 Å². The molecule has 1 unspecified atom stereocenters. The molecule has 0 fully saturated rings. The molecule has 0 radical (unpaired) electrons. The number of hydrogen-bond donors (Lipinski definition) is 2. The van der Waals surface area contributed by atoms with Gasteiger partial charge in [-0.25, -0.2) is 4.98 Å². The first-order chi connectivity index (χ1) is 6.58. The third-order valence-electron chi connectivity index (χ3n) is 1.65. The maximum atomic E-state index is 10.3. The van der Waals surface area contributed by atoms with Gasteiger partial charge in [0, 0.05) is 11.7 Å². The zero-order chi connectivity index (χ0) is 10.6. The van der Waals surface area contributed by atoms with Gasteiger partial charge in [0.15, 0.2) is 0 Å². The fourth-order valence-corrected chi connectivity index (χ4v) is 1.82. The van der Waals surface area contributed by atoms with Crippen LogP contribution in [0.4, 0.5) is 0 Å². The van der Waals surface area contributed by atoms with Crippen molar-refractivity contribution in [2.45, 2.75) is 37.1 Å². The first kappa shape index (κ1) is 11.0. The van der Waals surface area contributed by atoms with Gasteiger partial charge in [0.05, 0.1) is 0 Å². The lowest BCUT2D eigenvalue weighted by atomic mass is 10.2. The molecule has 0 aromatic carbocycles. The molecule has 6 heteroatoms. The fraction of sp³-hybridized carbons (Fsp3) is 0.625. The number of carbonyl (C=O) groups is 1. The molecular formula is C8H13N3O2S. The van der Waals surface area contributed by atoms with Gasteiger partial charge < -0.3 is 5.11 Å². The number of H-pyrrole nitrogens is 1. The molecule has 1 rings (SSSR count). The lowest BCUT2D eigenvalue weighted by molar-refractivity contribution is -0.137. The lowest BCUT2D eigenvalue weighted by Crippen LogP contribution is -2.02. The number of aliphatic carboxylic acids is 1. The van der Waals surface area contributed by atoms with Crippen LogP contribution < -0.4 is 0 Å². The summed E-state index contributed by atoms with van der Waals surface area (Å²) in [5.74, 6) is 0.0153. The average Bonchev–Trinajstić information content (AvgIpc) is 2.48. The van der Waals surface area contributed by atoms with Crippen LogP contribution in [0.3, 0.4) is 0 Å². The SMILES string of the molecule is Cc1nc(SC(C)CCC(=O)O)n[nH]1. The smallest absolute Gasteiger partial charge is 0.303 e. The summed E-state index contributed by atoms with van der Waals surface area (Å²) in [5, 5.41) is 16.1. The first-order valence-electron chi connectivity index (χ1n) is 4.35. The van der Waals surface area contributed by atoms with Crippen molar-refractivity contribution in [3.05, 3.63) is 5.82 Å². The molecule has 0 aliphatic heterocycles. The summed E-state index contributed by atoms with van der Waals surface area (Å²) in [7, 11) is 0. The highest BCUT2D eigenvalue weighted by Gasteiger charge is 2.09. The summed E-state index contributed by atoms with van der Waals surface area (Å²) >= 11 is 1.49. The maximum Gasteiger partial charge on any atom is 0.303 e. The number of carboxylic acid groups (broad SMARTS) is 1. The molecule has 0 spiro atoms. The highest BCUT2D eigenvalue weighted by Crippen LogP contribution is 2.22. The summed E-state index contributed by atoms with van der Waals surface area (Å²) in [4.78, 5) is 14.4. The van der Waals surface area contributed by atoms with Crippen LogP contribution in [0.25, 0.3) is 0 Å². The molecule has 1 aromatic rings. The van der Waals surface area contributed by atoms with Crippen LogP contribution in [-0.2, 0) is 4.79 Å². The van der Waals surface area contributed by atoms with E-state index in [-0.39, 0.29) is 11.7 Å². The zero-order valence-corrected chi connectivity index (χ0v) is 8.97. The molecule has 5 nitrogen and oxygen atoms in total. The second-order valence-corrected chi connectivity index (χ2v) is 4.47. The largest absolute Gasteiger partial charge is 0.481 e. The molecule has 0 saturated carbocycles. The summed E-state index contributed by atoms with van der Waals surface area (Å²) in [6, 6.07) is 0. The molecule has 0 saturated heterocycles. The number of nitrogens with zero attached hydrogens (tertiary/aromatic N) is 2. The summed E-state index contributed by atoms with van der Waals surface area (Å²) in [6.45, 7) is 3.80. The number of aromatic amines is 1. The highest BCUT2D eigenvalue weighted by molar-refractivity contribution is 7.99. The minimum Gasteiger partial charge on any atom is -0.481 e. The summed E-state index contributed by atoms with van der Waals surface area (Å²) < 4.78 is 0. The van der Waals surface area contributed by atoms with Crippen LogP contribution >= 0.6 is 11.8 Å². The quantitative estimate of drug-likeness (QED) is 0.727. The van der Waals surface area contributed by atoms with E-state index in [4.69, 9.17) is 5.11 Å². The Labute approximate surface area is 86.3 Å². The van der Waals surface area contributed by atoms with E-state index < -0.39 is 5.97 Å². The van der Waals surface area contributed by atoms with Crippen molar-refractivity contribution in [1.82, 2.24) is 15.2 Å². The van der Waals surface area contributed by atoms with E-state index in [1.54, 1.807) is 0 Å². The zero-order valence-electron chi connectivity index (χ0n) is 8.15. The molecule has 0 aliphatic rings. The van der Waals surface area contributed by atoms with E-state index in [2.05, 4.69) is 15.2 Å². The van der Waals surface area contributed by atoms with Crippen LogP contribution in [0.15, 0.2) is 5.16 Å². The maximum absolute atomic E-state index is 10.3. The Morgan fingerprint density at radius 2 is 2.43 bits per heavy atom. The molecule has 0 amide bonds. The third-order valence-corrected chi connectivity index (χ3v) is 2.68. The molecule has 2 N–H and O–H groups in total. The standard InChI is InChI=1S/C8H13N3O2S/c1-5(3-4-7(12)13)14-8-9-6(2)10-11-8/h5H,3-4H2,1-2H3,(H,12,13)(H,9,10,11). The van der Waals surface area contributed by atoms with E-state index in [0.29, 0.717) is 11.6 Å². The number of thioether (sulfide) groups is 1. The first-order valence-corrected chi connectivity index (χ1v) is 5.23. The molecule has 1 heterocycles. The Balaban J connectivity index is 2.33. The van der Waals surface area contributed by atoms with Gasteiger partial charge in [-0.2, -0.15) is 0 Å². The number of aryl methyl sites for hydroxylation is 1. The average molecular weight is 215 g/mol. The van der Waals surface area contributed by atoms with Crippen molar-refractivity contribution in [2.24, 2.45) is 0 Å². The van der Waals surface area contributed by atoms with Gasteiger partial charge in [0.2, 0.25) is 5.16 Å². The van der Waals surface area contributed by atoms with Gasteiger partial charge in [-0.1, -0.05) is 18.7 Å². The van der Waals surface area contributed by atoms with Crippen LogP contribution in [-0.4, -0.2) is 31.5 Å². The van der Waals surface area contributed by atoms with Crippen LogP contribution in [0.1, 0.15) is 25.6 Å². The van der Waals surface area contributed by atoms with Gasteiger partial charge >= 0.3 is 5.97 Å². The number of hydrogen-bond acceptors (Lipinski definition) is 4. The molecule has 0 bridgehead atoms. The predicted octanol–water partition coefficient (Wildman–Crippen LogP) is 1.46. The third kappa shape index (κ3) is 3.78. The van der Waals surface area contributed by atoms with E-state index in [1.807, 2.05) is 13.8 Å². The van der Waals surface area contributed by atoms with Gasteiger partial charge in [-0.3, -0.25) is 9.89 Å². The normalized spacial score (nSPS) is 12.7. The Morgan fingerprint density at radius 1 is 1.71 bits per heavy atom. The van der Waals surface area contributed by atoms with Crippen LogP contribution in [0, 0.1) is 6.92 Å². The van der Waals surface area contributed by atoms with Crippen molar-refractivity contribution in [3.63, 3.8) is 0 Å². The topological polar surface area (TPSA) is 78.9 Å². The van der Waals surface area contributed by atoms with E-state index in [0.717, 1.165) is 5.82 Å². The van der Waals surface area contributed by atoms with Gasteiger partial charge in [-0.05, 0) is 13.3 Å². The van der Waals surface area contributed by atoms with E-state index in [1.165, 1.54) is 11.8 Å². The van der Waals surface area contributed by atoms with Crippen LogP contribution in [0.2, 0.25) is 0 Å². The van der Waals surface area contributed by atoms with Crippen molar-refractivity contribution in [3.8, 4) is 0 Å². The molecule has 0 aliphatic carbocycles. The molecular weight excluding hydrogens is 202 g/mol. The second-order valence-electron chi connectivity index (χ2n) is 3.06. The van der Waals surface area contributed by atoms with Crippen molar-refractivity contribution >= 4 is 17.7 Å². The highest BCUT2D eigenvalue weighted by atomic mass is 32.2. The minimum absolute atomic E-state index is 0.192. The van der Waals surface area contributed by atoms with E-state index in [9.17, 15) is 4.79 Å². The van der Waals surface area contributed by atoms with Gasteiger partial charge in [0.25, 0.3) is 0 Å². The number of carboxylic acids is 1. The molecule has 14 heavy (non-hydrogen) atoms.